The molecular formula is C46H44Cl2N6O7. The number of ether oxygens (including phenoxy) is 3. The van der Waals surface area contributed by atoms with E-state index in [-0.39, 0.29) is 47.7 Å². The SMILES string of the molecule is COc1nc(-c2cccc(-c3cccc4c3CC[C@@H]4Oc3nc(OCc4cncc(C#N)c4)c(CC[C@@](C)(CO)C(=O)O)cc3Cl)c2Cl)ccc1CN1CC2(CCC(=O)N2)C1. The highest BCUT2D eigenvalue weighted by Gasteiger charge is 2.47. The highest BCUT2D eigenvalue weighted by molar-refractivity contribution is 6.36. The molecule has 2 aromatic carbocycles. The van der Waals surface area contributed by atoms with Crippen LogP contribution >= 0.6 is 23.2 Å². The lowest BCUT2D eigenvalue weighted by atomic mass is 9.85. The van der Waals surface area contributed by atoms with Crippen molar-refractivity contribution in [3.63, 3.8) is 0 Å². The van der Waals surface area contributed by atoms with Crippen LogP contribution in [0.15, 0.2) is 73.1 Å². The Hall–Kier alpha value is -5.78. The molecule has 61 heavy (non-hydrogen) atoms. The van der Waals surface area contributed by atoms with Gasteiger partial charge in [-0.15, -0.1) is 0 Å². The van der Waals surface area contributed by atoms with E-state index >= 15 is 0 Å². The maximum atomic E-state index is 12.0. The second-order valence-corrected chi connectivity index (χ2v) is 17.1. The van der Waals surface area contributed by atoms with E-state index in [1.54, 1.807) is 25.4 Å². The molecule has 2 aliphatic heterocycles. The van der Waals surface area contributed by atoms with Gasteiger partial charge in [-0.1, -0.05) is 65.7 Å². The van der Waals surface area contributed by atoms with E-state index in [4.69, 9.17) is 47.4 Å². The van der Waals surface area contributed by atoms with Crippen molar-refractivity contribution in [1.29, 1.82) is 5.26 Å². The van der Waals surface area contributed by atoms with Gasteiger partial charge >= 0.3 is 5.97 Å². The minimum Gasteiger partial charge on any atom is -0.481 e. The van der Waals surface area contributed by atoms with Gasteiger partial charge in [0.25, 0.3) is 0 Å². The molecule has 2 saturated heterocycles. The van der Waals surface area contributed by atoms with Crippen molar-refractivity contribution >= 4 is 35.1 Å². The van der Waals surface area contributed by atoms with E-state index in [2.05, 4.69) is 27.3 Å². The number of fused-ring (bicyclic) bond motifs is 1. The average Bonchev–Trinajstić information content (AvgIpc) is 3.86. The molecule has 0 radical (unpaired) electrons. The Balaban J connectivity index is 1.03. The van der Waals surface area contributed by atoms with Gasteiger partial charge in [0.05, 0.1) is 41.0 Å². The van der Waals surface area contributed by atoms with E-state index in [1.807, 2.05) is 42.5 Å². The molecular weight excluding hydrogens is 819 g/mol. The van der Waals surface area contributed by atoms with Crippen molar-refractivity contribution < 1.29 is 34.0 Å². The average molecular weight is 864 g/mol. The van der Waals surface area contributed by atoms with Crippen LogP contribution in [0.2, 0.25) is 10.0 Å². The second-order valence-electron chi connectivity index (χ2n) is 16.3. The lowest BCUT2D eigenvalue weighted by molar-refractivity contribution is -0.150. The summed E-state index contributed by atoms with van der Waals surface area (Å²) in [5, 5.41) is 32.9. The number of nitrogens with zero attached hydrogens (tertiary/aromatic N) is 5. The van der Waals surface area contributed by atoms with E-state index < -0.39 is 24.1 Å². The number of aliphatic carboxylic acids is 1. The number of pyridine rings is 3. The summed E-state index contributed by atoms with van der Waals surface area (Å²) < 4.78 is 18.5. The first-order valence-electron chi connectivity index (χ1n) is 20.1. The fraction of sp³-hybridized carbons (Fsp3) is 0.348. The number of carboxylic acid groups (broad SMARTS) is 1. The van der Waals surface area contributed by atoms with Crippen LogP contribution in [0, 0.1) is 16.7 Å². The number of carbonyl (C=O) groups is 2. The Morgan fingerprint density at radius 2 is 1.80 bits per heavy atom. The number of likely N-dealkylation sites (tertiary alicyclic amines) is 1. The monoisotopic (exact) mass is 862 g/mol. The minimum absolute atomic E-state index is 0.0306. The maximum Gasteiger partial charge on any atom is 0.311 e. The van der Waals surface area contributed by atoms with Crippen LogP contribution in [0.25, 0.3) is 22.4 Å². The predicted molar refractivity (Wildman–Crippen MR) is 227 cm³/mol. The Labute approximate surface area is 363 Å². The minimum atomic E-state index is -1.39. The summed E-state index contributed by atoms with van der Waals surface area (Å²) in [5.41, 5.74) is 6.36. The number of methoxy groups -OCH3 is 1. The Morgan fingerprint density at radius 1 is 1.02 bits per heavy atom. The highest BCUT2D eigenvalue weighted by Crippen LogP contribution is 2.45. The van der Waals surface area contributed by atoms with Gasteiger partial charge in [-0.05, 0) is 73.9 Å². The third-order valence-corrected chi connectivity index (χ3v) is 12.6. The molecule has 3 N–H and O–H groups in total. The second kappa shape index (κ2) is 17.3. The van der Waals surface area contributed by atoms with Crippen molar-refractivity contribution in [3.8, 4) is 46.1 Å². The number of carbonyl (C=O) groups excluding carboxylic acids is 1. The molecule has 3 aliphatic rings. The molecule has 2 atom stereocenters. The number of amides is 1. The summed E-state index contributed by atoms with van der Waals surface area (Å²) in [6.07, 6.45) is 5.74. The number of halogens is 2. The smallest absolute Gasteiger partial charge is 0.311 e. The van der Waals surface area contributed by atoms with E-state index in [9.17, 15) is 25.1 Å². The van der Waals surface area contributed by atoms with Gasteiger partial charge in [0.1, 0.15) is 23.8 Å². The van der Waals surface area contributed by atoms with Gasteiger partial charge in [-0.3, -0.25) is 19.5 Å². The number of aliphatic hydroxyl groups excluding tert-OH is 1. The Morgan fingerprint density at radius 3 is 2.54 bits per heavy atom. The van der Waals surface area contributed by atoms with Crippen LogP contribution in [0.1, 0.15) is 72.1 Å². The zero-order valence-electron chi connectivity index (χ0n) is 33.7. The molecule has 15 heteroatoms. The number of rotatable bonds is 15. The zero-order chi connectivity index (χ0) is 42.9. The van der Waals surface area contributed by atoms with Crippen molar-refractivity contribution in [1.82, 2.24) is 25.2 Å². The number of carboxylic acids is 1. The van der Waals surface area contributed by atoms with Crippen molar-refractivity contribution in [2.24, 2.45) is 5.41 Å². The molecule has 1 aliphatic carbocycles. The topological polar surface area (TPSA) is 180 Å². The van der Waals surface area contributed by atoms with Crippen LogP contribution in [-0.4, -0.2) is 74.3 Å². The molecule has 0 bridgehead atoms. The maximum absolute atomic E-state index is 12.0. The number of nitriles is 1. The number of hydrogen-bond donors (Lipinski definition) is 3. The van der Waals surface area contributed by atoms with Gasteiger partial charge < -0.3 is 29.7 Å². The molecule has 0 saturated carbocycles. The van der Waals surface area contributed by atoms with Gasteiger partial charge in [-0.2, -0.15) is 10.2 Å². The number of aryl methyl sites for hydroxylation is 1. The molecule has 1 amide bonds. The normalized spacial score (nSPS) is 17.5. The molecule has 8 rings (SSSR count). The first kappa shape index (κ1) is 41.9. The zero-order valence-corrected chi connectivity index (χ0v) is 35.2. The van der Waals surface area contributed by atoms with Crippen LogP contribution in [0.3, 0.4) is 0 Å². The Bertz CT molecular complexity index is 2560. The van der Waals surface area contributed by atoms with E-state index in [0.717, 1.165) is 52.9 Å². The van der Waals surface area contributed by atoms with Crippen molar-refractivity contribution in [2.45, 2.75) is 70.2 Å². The quantitative estimate of drug-likeness (QED) is 0.0944. The van der Waals surface area contributed by atoms with Crippen LogP contribution in [0.5, 0.6) is 17.6 Å². The van der Waals surface area contributed by atoms with Crippen molar-refractivity contribution in [2.75, 3.05) is 26.8 Å². The number of nitrogens with one attached hydrogen (secondary N) is 1. The predicted octanol–water partition coefficient (Wildman–Crippen LogP) is 7.52. The van der Waals surface area contributed by atoms with Gasteiger partial charge in [0, 0.05) is 66.3 Å². The summed E-state index contributed by atoms with van der Waals surface area (Å²) in [7, 11) is 1.61. The fourth-order valence-electron chi connectivity index (χ4n) is 8.48. The summed E-state index contributed by atoms with van der Waals surface area (Å²) in [6, 6.07) is 21.3. The first-order chi connectivity index (χ1) is 29.4. The molecule has 3 aromatic heterocycles. The van der Waals surface area contributed by atoms with E-state index in [0.29, 0.717) is 59.1 Å². The van der Waals surface area contributed by atoms with Crippen LogP contribution < -0.4 is 19.5 Å². The summed E-state index contributed by atoms with van der Waals surface area (Å²) in [6.45, 7) is 3.23. The molecule has 13 nitrogen and oxygen atoms in total. The largest absolute Gasteiger partial charge is 0.481 e. The van der Waals surface area contributed by atoms with Crippen LogP contribution in [0.4, 0.5) is 0 Å². The summed E-state index contributed by atoms with van der Waals surface area (Å²) in [4.78, 5) is 39.8. The molecule has 5 heterocycles. The first-order valence-corrected chi connectivity index (χ1v) is 20.8. The molecule has 5 aromatic rings. The van der Waals surface area contributed by atoms with Gasteiger partial charge in [0.15, 0.2) is 0 Å². The standard InChI is InChI=1S/C46H44Cl2N6O7/c1-45(26-55,44(57)58)15-13-29-18-36(47)43(52-42(29)60-23-28-17-27(19-49)20-50-21-28)61-38-12-10-32-31(5-3-6-33(32)38)34-7-4-8-35(40(34)48)37-11-9-30(41(51-37)59-2)22-54-24-46(25-54)16-14-39(56)53-46/h3-9,11,17-18,20-21,38,55H,10,12-16,22-26H2,1-2H3,(H,53,56)(H,57,58)/t38-,45-/m0/s1. The van der Waals surface area contributed by atoms with Crippen LogP contribution in [-0.2, 0) is 35.6 Å². The molecule has 1 spiro atoms. The highest BCUT2D eigenvalue weighted by atomic mass is 35.5. The number of hydrogen-bond acceptors (Lipinski definition) is 11. The summed E-state index contributed by atoms with van der Waals surface area (Å²) in [5.74, 6) is -0.132. The molecule has 314 valence electrons. The third-order valence-electron chi connectivity index (χ3n) is 11.9. The lowest BCUT2D eigenvalue weighted by Gasteiger charge is -2.48. The third kappa shape index (κ3) is 8.59. The Kier molecular flexibility index (Phi) is 11.9. The number of aromatic nitrogens is 3. The number of aliphatic hydroxyl groups is 1. The lowest BCUT2D eigenvalue weighted by Crippen LogP contribution is -2.66. The fourth-order valence-corrected chi connectivity index (χ4v) is 9.02. The van der Waals surface area contributed by atoms with Crippen molar-refractivity contribution in [3.05, 3.63) is 116 Å². The van der Waals surface area contributed by atoms with Gasteiger partial charge in [0.2, 0.25) is 23.5 Å². The number of benzene rings is 2. The molecule has 2 fully saturated rings. The van der Waals surface area contributed by atoms with E-state index in [1.165, 1.54) is 13.1 Å². The van der Waals surface area contributed by atoms with Gasteiger partial charge in [-0.25, -0.2) is 4.98 Å². The summed E-state index contributed by atoms with van der Waals surface area (Å²) >= 11 is 14.1. The molecule has 0 unspecified atom stereocenters.